The van der Waals surface area contributed by atoms with Crippen LogP contribution in [0.3, 0.4) is 0 Å². The topological polar surface area (TPSA) is 131 Å². The lowest BCUT2D eigenvalue weighted by Crippen LogP contribution is -2.49. The zero-order valence-electron chi connectivity index (χ0n) is 11.8. The number of nitrogens with zero attached hydrogens (tertiary/aromatic N) is 3. The minimum atomic E-state index is -1.08. The Bertz CT molecular complexity index is 686. The quantitative estimate of drug-likeness (QED) is 0.629. The van der Waals surface area contributed by atoms with Crippen LogP contribution in [0.2, 0.25) is 0 Å². The normalized spacial score (nSPS) is 18.0. The number of nitrogens with one attached hydrogen (secondary N) is 2. The maximum atomic E-state index is 11.9. The first-order chi connectivity index (χ1) is 10.4. The number of carbonyl (C=O) groups is 1. The van der Waals surface area contributed by atoms with Crippen molar-refractivity contribution in [2.75, 3.05) is 14.1 Å². The first kappa shape index (κ1) is 15.2. The van der Waals surface area contributed by atoms with Crippen LogP contribution in [-0.2, 0) is 0 Å². The van der Waals surface area contributed by atoms with E-state index in [1.807, 2.05) is 0 Å². The lowest BCUT2D eigenvalue weighted by Gasteiger charge is -2.30. The van der Waals surface area contributed by atoms with Crippen molar-refractivity contribution in [1.82, 2.24) is 15.5 Å². The molecule has 1 aromatic carbocycles. The molecule has 1 aliphatic rings. The zero-order valence-corrected chi connectivity index (χ0v) is 11.8. The molecule has 0 spiro atoms. The summed E-state index contributed by atoms with van der Waals surface area (Å²) in [5.41, 5.74) is -0.236. The summed E-state index contributed by atoms with van der Waals surface area (Å²) in [5.74, 6) is 0.0326. The molecule has 10 heteroatoms. The Kier molecular flexibility index (Phi) is 3.93. The maximum Gasteiger partial charge on any atom is 0.323 e. The molecule has 0 saturated carbocycles. The van der Waals surface area contributed by atoms with Crippen LogP contribution in [0.25, 0.3) is 0 Å². The molecular weight excluding hydrogens is 294 g/mol. The molecule has 1 atom stereocenters. The highest BCUT2D eigenvalue weighted by Crippen LogP contribution is 2.30. The van der Waals surface area contributed by atoms with Gasteiger partial charge < -0.3 is 10.6 Å². The van der Waals surface area contributed by atoms with Gasteiger partial charge in [0.25, 0.3) is 5.69 Å². The SMILES string of the molecule is CNC1=C([N+](=O)[O-])C(c2cccc([N+](=O)[O-])c2)NC(=O)N1C. The molecule has 2 N–H and O–H groups in total. The smallest absolute Gasteiger partial charge is 0.323 e. The molecule has 116 valence electrons. The van der Waals surface area contributed by atoms with Crippen LogP contribution >= 0.6 is 0 Å². The first-order valence-electron chi connectivity index (χ1n) is 6.21. The summed E-state index contributed by atoms with van der Waals surface area (Å²) >= 11 is 0. The molecule has 0 aromatic heterocycles. The van der Waals surface area contributed by atoms with Crippen LogP contribution in [0.4, 0.5) is 10.5 Å². The van der Waals surface area contributed by atoms with Crippen LogP contribution in [0, 0.1) is 20.2 Å². The van der Waals surface area contributed by atoms with Gasteiger partial charge in [-0.1, -0.05) is 12.1 Å². The van der Waals surface area contributed by atoms with Crippen molar-refractivity contribution in [1.29, 1.82) is 0 Å². The van der Waals surface area contributed by atoms with Gasteiger partial charge in [0.1, 0.15) is 0 Å². The molecule has 1 heterocycles. The highest BCUT2D eigenvalue weighted by Gasteiger charge is 2.40. The van der Waals surface area contributed by atoms with Gasteiger partial charge in [-0.15, -0.1) is 0 Å². The van der Waals surface area contributed by atoms with Crippen LogP contribution in [0.1, 0.15) is 11.6 Å². The molecule has 0 radical (unpaired) electrons. The lowest BCUT2D eigenvalue weighted by molar-refractivity contribution is -0.434. The van der Waals surface area contributed by atoms with Crippen molar-refractivity contribution in [2.24, 2.45) is 0 Å². The standard InChI is InChI=1S/C12H13N5O5/c1-13-11-10(17(21)22)9(14-12(18)15(11)2)7-4-3-5-8(6-7)16(19)20/h3-6,9,13H,1-2H3,(H,14,18). The van der Waals surface area contributed by atoms with E-state index in [0.29, 0.717) is 0 Å². The number of non-ortho nitro benzene ring substituents is 1. The minimum Gasteiger partial charge on any atom is -0.369 e. The summed E-state index contributed by atoms with van der Waals surface area (Å²) in [7, 11) is 2.84. The number of carbonyl (C=O) groups excluding carboxylic acids is 1. The van der Waals surface area contributed by atoms with Gasteiger partial charge in [0.15, 0.2) is 11.9 Å². The van der Waals surface area contributed by atoms with E-state index in [2.05, 4.69) is 10.6 Å². The summed E-state index contributed by atoms with van der Waals surface area (Å²) in [4.78, 5) is 34.0. The van der Waals surface area contributed by atoms with Crippen molar-refractivity contribution in [3.63, 3.8) is 0 Å². The largest absolute Gasteiger partial charge is 0.369 e. The Morgan fingerprint density at radius 1 is 1.27 bits per heavy atom. The second-order valence-electron chi connectivity index (χ2n) is 4.53. The van der Waals surface area contributed by atoms with Crippen LogP contribution in [0.5, 0.6) is 0 Å². The summed E-state index contributed by atoms with van der Waals surface area (Å²) in [6.45, 7) is 0. The molecule has 1 aromatic rings. The summed E-state index contributed by atoms with van der Waals surface area (Å²) < 4.78 is 0. The summed E-state index contributed by atoms with van der Waals surface area (Å²) in [6, 6.07) is 3.74. The molecule has 0 bridgehead atoms. The monoisotopic (exact) mass is 307 g/mol. The van der Waals surface area contributed by atoms with Gasteiger partial charge in [-0.25, -0.2) is 4.79 Å². The number of nitro groups is 2. The van der Waals surface area contributed by atoms with Crippen molar-refractivity contribution >= 4 is 11.7 Å². The van der Waals surface area contributed by atoms with E-state index in [0.717, 1.165) is 4.90 Å². The van der Waals surface area contributed by atoms with Gasteiger partial charge in [-0.3, -0.25) is 25.1 Å². The average molecular weight is 307 g/mol. The number of urea groups is 1. The Balaban J connectivity index is 2.59. The molecular formula is C12H13N5O5. The molecule has 2 rings (SSSR count). The number of nitro benzene ring substituents is 1. The molecule has 0 aliphatic carbocycles. The van der Waals surface area contributed by atoms with Crippen LogP contribution in [-0.4, -0.2) is 34.9 Å². The lowest BCUT2D eigenvalue weighted by atomic mass is 10.0. The van der Waals surface area contributed by atoms with Gasteiger partial charge in [0.2, 0.25) is 0 Å². The molecule has 0 fully saturated rings. The second kappa shape index (κ2) is 5.68. The maximum absolute atomic E-state index is 11.9. The Labute approximate surface area is 124 Å². The van der Waals surface area contributed by atoms with Crippen molar-refractivity contribution in [2.45, 2.75) is 6.04 Å². The third kappa shape index (κ3) is 2.53. The van der Waals surface area contributed by atoms with E-state index < -0.39 is 21.9 Å². The fraction of sp³-hybridized carbons (Fsp3) is 0.250. The van der Waals surface area contributed by atoms with Gasteiger partial charge in [-0.05, 0) is 5.56 Å². The molecule has 1 aliphatic heterocycles. The van der Waals surface area contributed by atoms with Gasteiger partial charge in [0, 0.05) is 26.2 Å². The number of amides is 2. The predicted molar refractivity (Wildman–Crippen MR) is 75.2 cm³/mol. The Morgan fingerprint density at radius 2 is 1.95 bits per heavy atom. The van der Waals surface area contributed by atoms with Crippen molar-refractivity contribution < 1.29 is 14.6 Å². The Hall–Kier alpha value is -3.17. The highest BCUT2D eigenvalue weighted by molar-refractivity contribution is 5.78. The number of hydrogen-bond donors (Lipinski definition) is 2. The van der Waals surface area contributed by atoms with E-state index >= 15 is 0 Å². The van der Waals surface area contributed by atoms with E-state index in [9.17, 15) is 25.0 Å². The van der Waals surface area contributed by atoms with E-state index in [1.54, 1.807) is 0 Å². The molecule has 2 amide bonds. The van der Waals surface area contributed by atoms with Crippen LogP contribution < -0.4 is 10.6 Å². The van der Waals surface area contributed by atoms with Crippen molar-refractivity contribution in [3.05, 3.63) is 61.6 Å². The Morgan fingerprint density at radius 3 is 2.50 bits per heavy atom. The zero-order chi connectivity index (χ0) is 16.4. The van der Waals surface area contributed by atoms with Crippen LogP contribution in [0.15, 0.2) is 35.8 Å². The highest BCUT2D eigenvalue weighted by atomic mass is 16.6. The third-order valence-electron chi connectivity index (χ3n) is 3.27. The molecule has 0 saturated heterocycles. The number of hydrogen-bond acceptors (Lipinski definition) is 6. The van der Waals surface area contributed by atoms with Gasteiger partial charge in [-0.2, -0.15) is 0 Å². The number of benzene rings is 1. The first-order valence-corrected chi connectivity index (χ1v) is 6.21. The van der Waals surface area contributed by atoms with Gasteiger partial charge in [0.05, 0.1) is 9.85 Å². The third-order valence-corrected chi connectivity index (χ3v) is 3.27. The van der Waals surface area contributed by atoms with Gasteiger partial charge >= 0.3 is 11.7 Å². The fourth-order valence-corrected chi connectivity index (χ4v) is 2.25. The summed E-state index contributed by atoms with van der Waals surface area (Å²) in [6.07, 6.45) is 0. The van der Waals surface area contributed by atoms with E-state index in [4.69, 9.17) is 0 Å². The van der Waals surface area contributed by atoms with E-state index in [-0.39, 0.29) is 22.8 Å². The number of rotatable bonds is 4. The second-order valence-corrected chi connectivity index (χ2v) is 4.53. The van der Waals surface area contributed by atoms with Crippen molar-refractivity contribution in [3.8, 4) is 0 Å². The predicted octanol–water partition coefficient (Wildman–Crippen LogP) is 0.956. The molecule has 1 unspecified atom stereocenters. The summed E-state index contributed by atoms with van der Waals surface area (Å²) in [5, 5.41) is 27.3. The minimum absolute atomic E-state index is 0.0326. The fourth-order valence-electron chi connectivity index (χ4n) is 2.25. The molecule has 10 nitrogen and oxygen atoms in total. The average Bonchev–Trinajstić information content (AvgIpc) is 2.49. The molecule has 22 heavy (non-hydrogen) atoms. The van der Waals surface area contributed by atoms with E-state index in [1.165, 1.54) is 38.4 Å².